The van der Waals surface area contributed by atoms with E-state index in [0.29, 0.717) is 0 Å². The maximum Gasteiger partial charge on any atom is 0.193 e. The Balaban J connectivity index is 1.48. The van der Waals surface area contributed by atoms with Crippen LogP contribution in [0.15, 0.2) is 46.9 Å². The number of aliphatic imine (C=N–C) groups is 1. The van der Waals surface area contributed by atoms with E-state index in [2.05, 4.69) is 66.7 Å². The lowest BCUT2D eigenvalue weighted by Gasteiger charge is -2.21. The van der Waals surface area contributed by atoms with Crippen molar-refractivity contribution >= 4 is 28.2 Å². The molecule has 0 radical (unpaired) electrons. The molecule has 1 aromatic carbocycles. The van der Waals surface area contributed by atoms with Gasteiger partial charge in [0, 0.05) is 44.3 Å². The third-order valence-corrected chi connectivity index (χ3v) is 5.00. The van der Waals surface area contributed by atoms with E-state index in [4.69, 9.17) is 0 Å². The fourth-order valence-corrected chi connectivity index (χ4v) is 3.57. The Morgan fingerprint density at radius 3 is 2.92 bits per heavy atom. The van der Waals surface area contributed by atoms with Crippen molar-refractivity contribution in [2.45, 2.75) is 26.4 Å². The van der Waals surface area contributed by atoms with Crippen molar-refractivity contribution in [2.75, 3.05) is 20.6 Å². The van der Waals surface area contributed by atoms with Crippen molar-refractivity contribution in [1.82, 2.24) is 19.8 Å². The summed E-state index contributed by atoms with van der Waals surface area (Å²) in [5, 5.41) is 7.95. The van der Waals surface area contributed by atoms with Crippen molar-refractivity contribution < 1.29 is 0 Å². The van der Waals surface area contributed by atoms with Crippen molar-refractivity contribution in [3.8, 4) is 0 Å². The van der Waals surface area contributed by atoms with Gasteiger partial charge in [-0.1, -0.05) is 18.2 Å². The first-order chi connectivity index (χ1) is 12.2. The Bertz CT molecular complexity index is 848. The first kappa shape index (κ1) is 17.5. The van der Waals surface area contributed by atoms with Gasteiger partial charge in [0.05, 0.1) is 17.2 Å². The van der Waals surface area contributed by atoms with Crippen LogP contribution in [0.5, 0.6) is 0 Å². The number of aromatic nitrogens is 2. The van der Waals surface area contributed by atoms with Crippen molar-refractivity contribution in [3.63, 3.8) is 0 Å². The van der Waals surface area contributed by atoms with E-state index in [-0.39, 0.29) is 0 Å². The minimum Gasteiger partial charge on any atom is -0.356 e. The van der Waals surface area contributed by atoms with Crippen LogP contribution in [0.1, 0.15) is 17.1 Å². The molecule has 5 nitrogen and oxygen atoms in total. The van der Waals surface area contributed by atoms with Crippen LogP contribution in [0.4, 0.5) is 0 Å². The average Bonchev–Trinajstić information content (AvgIpc) is 3.21. The molecule has 0 aliphatic rings. The van der Waals surface area contributed by atoms with E-state index in [0.717, 1.165) is 42.7 Å². The second-order valence-electron chi connectivity index (χ2n) is 6.11. The van der Waals surface area contributed by atoms with Crippen LogP contribution in [-0.2, 0) is 13.1 Å². The Labute approximate surface area is 153 Å². The Kier molecular flexibility index (Phi) is 5.71. The number of thiazole rings is 1. The molecule has 2 aromatic heterocycles. The van der Waals surface area contributed by atoms with E-state index in [1.54, 1.807) is 11.3 Å². The third-order valence-electron chi connectivity index (χ3n) is 4.18. The normalized spacial score (nSPS) is 11.9. The van der Waals surface area contributed by atoms with E-state index in [1.807, 2.05) is 21.0 Å². The van der Waals surface area contributed by atoms with Crippen LogP contribution in [0, 0.1) is 6.92 Å². The molecule has 0 saturated heterocycles. The van der Waals surface area contributed by atoms with Crippen molar-refractivity contribution in [3.05, 3.63) is 52.6 Å². The average molecular weight is 356 g/mol. The number of hydrogen-bond acceptors (Lipinski definition) is 3. The van der Waals surface area contributed by atoms with Gasteiger partial charge >= 0.3 is 0 Å². The quantitative estimate of drug-likeness (QED) is 0.418. The Hall–Kier alpha value is -2.34. The highest BCUT2D eigenvalue weighted by atomic mass is 32.1. The molecule has 0 aliphatic heterocycles. The zero-order chi connectivity index (χ0) is 17.6. The summed E-state index contributed by atoms with van der Waals surface area (Å²) in [6.45, 7) is 4.69. The lowest BCUT2D eigenvalue weighted by atomic mass is 10.2. The summed E-state index contributed by atoms with van der Waals surface area (Å²) in [4.78, 5) is 11.0. The van der Waals surface area contributed by atoms with Gasteiger partial charge in [-0.15, -0.1) is 11.3 Å². The van der Waals surface area contributed by atoms with Crippen LogP contribution < -0.4 is 5.32 Å². The summed E-state index contributed by atoms with van der Waals surface area (Å²) in [6.07, 6.45) is 3.21. The topological polar surface area (TPSA) is 45.5 Å². The van der Waals surface area contributed by atoms with Crippen LogP contribution >= 0.6 is 11.3 Å². The van der Waals surface area contributed by atoms with Gasteiger partial charge in [0.25, 0.3) is 0 Å². The molecule has 0 fully saturated rings. The SMILES string of the molecule is CN=C(NCCCn1ccc2ccccc21)N(C)Cc1csc(C)n1. The largest absolute Gasteiger partial charge is 0.356 e. The van der Waals surface area contributed by atoms with Crippen LogP contribution in [0.25, 0.3) is 10.9 Å². The van der Waals surface area contributed by atoms with Gasteiger partial charge < -0.3 is 14.8 Å². The second-order valence-corrected chi connectivity index (χ2v) is 7.17. The summed E-state index contributed by atoms with van der Waals surface area (Å²) in [5.41, 5.74) is 2.38. The molecule has 0 saturated carbocycles. The monoisotopic (exact) mass is 355 g/mol. The maximum absolute atomic E-state index is 4.52. The number of benzene rings is 1. The lowest BCUT2D eigenvalue weighted by Crippen LogP contribution is -2.39. The first-order valence-corrected chi connectivity index (χ1v) is 9.42. The highest BCUT2D eigenvalue weighted by molar-refractivity contribution is 7.09. The summed E-state index contributed by atoms with van der Waals surface area (Å²) in [7, 11) is 3.87. The molecule has 0 atom stereocenters. The predicted octanol–water partition coefficient (Wildman–Crippen LogP) is 3.50. The van der Waals surface area contributed by atoms with Crippen LogP contribution in [0.2, 0.25) is 0 Å². The fourth-order valence-electron chi connectivity index (χ4n) is 2.97. The van der Waals surface area contributed by atoms with Gasteiger partial charge in [-0.2, -0.15) is 0 Å². The Morgan fingerprint density at radius 1 is 1.32 bits per heavy atom. The summed E-state index contributed by atoms with van der Waals surface area (Å²) < 4.78 is 2.31. The first-order valence-electron chi connectivity index (χ1n) is 8.54. The molecule has 25 heavy (non-hydrogen) atoms. The molecule has 2 heterocycles. The molecule has 3 rings (SSSR count). The number of fused-ring (bicyclic) bond motifs is 1. The zero-order valence-electron chi connectivity index (χ0n) is 15.1. The zero-order valence-corrected chi connectivity index (χ0v) is 15.9. The number of hydrogen-bond donors (Lipinski definition) is 1. The molecule has 3 aromatic rings. The van der Waals surface area contributed by atoms with Gasteiger partial charge in [0.15, 0.2) is 5.96 Å². The number of nitrogens with one attached hydrogen (secondary N) is 1. The van der Waals surface area contributed by atoms with Gasteiger partial charge in [-0.3, -0.25) is 4.99 Å². The van der Waals surface area contributed by atoms with Crippen LogP contribution in [0.3, 0.4) is 0 Å². The number of guanidine groups is 1. The number of rotatable bonds is 6. The van der Waals surface area contributed by atoms with Crippen LogP contribution in [-0.4, -0.2) is 41.1 Å². The minimum absolute atomic E-state index is 0.770. The number of nitrogens with zero attached hydrogens (tertiary/aromatic N) is 4. The standard InChI is InChI=1S/C19H25N5S/c1-15-22-17(14-25-15)13-23(3)19(20-2)21-10-6-11-24-12-9-16-7-4-5-8-18(16)24/h4-5,7-9,12,14H,6,10-11,13H2,1-3H3,(H,20,21). The molecule has 1 N–H and O–H groups in total. The van der Waals surface area contributed by atoms with E-state index in [9.17, 15) is 0 Å². The summed E-state index contributed by atoms with van der Waals surface area (Å²) >= 11 is 1.69. The molecule has 132 valence electrons. The van der Waals surface area contributed by atoms with Gasteiger partial charge in [0.1, 0.15) is 0 Å². The van der Waals surface area contributed by atoms with Gasteiger partial charge in [0.2, 0.25) is 0 Å². The lowest BCUT2D eigenvalue weighted by molar-refractivity contribution is 0.468. The Morgan fingerprint density at radius 2 is 2.16 bits per heavy atom. The predicted molar refractivity (Wildman–Crippen MR) is 106 cm³/mol. The van der Waals surface area contributed by atoms with E-state index < -0.39 is 0 Å². The molecule has 0 aliphatic carbocycles. The maximum atomic E-state index is 4.52. The second kappa shape index (κ2) is 8.16. The third kappa shape index (κ3) is 4.39. The number of para-hydroxylation sites is 1. The van der Waals surface area contributed by atoms with Crippen molar-refractivity contribution in [1.29, 1.82) is 0 Å². The molecular weight excluding hydrogens is 330 g/mol. The van der Waals surface area contributed by atoms with E-state index in [1.165, 1.54) is 10.9 Å². The van der Waals surface area contributed by atoms with Crippen molar-refractivity contribution in [2.24, 2.45) is 4.99 Å². The fraction of sp³-hybridized carbons (Fsp3) is 0.368. The molecule has 0 bridgehead atoms. The summed E-state index contributed by atoms with van der Waals surface area (Å²) in [6, 6.07) is 10.7. The smallest absolute Gasteiger partial charge is 0.193 e. The molecule has 0 unspecified atom stereocenters. The number of aryl methyl sites for hydroxylation is 2. The molecule has 6 heteroatoms. The van der Waals surface area contributed by atoms with Gasteiger partial charge in [-0.05, 0) is 30.9 Å². The summed E-state index contributed by atoms with van der Waals surface area (Å²) in [5.74, 6) is 0.906. The highest BCUT2D eigenvalue weighted by Gasteiger charge is 2.08. The molecule has 0 spiro atoms. The van der Waals surface area contributed by atoms with E-state index >= 15 is 0 Å². The molecular formula is C19H25N5S. The molecule has 0 amide bonds. The minimum atomic E-state index is 0.770. The highest BCUT2D eigenvalue weighted by Crippen LogP contribution is 2.15. The van der Waals surface area contributed by atoms with Gasteiger partial charge in [-0.25, -0.2) is 4.98 Å².